The van der Waals surface area contributed by atoms with E-state index >= 15 is 0 Å². The highest BCUT2D eigenvalue weighted by Gasteiger charge is 2.37. The van der Waals surface area contributed by atoms with Crippen LogP contribution in [0, 0.1) is 11.8 Å². The zero-order valence-electron chi connectivity index (χ0n) is 10.2. The van der Waals surface area contributed by atoms with Gasteiger partial charge in [-0.25, -0.2) is 0 Å². The lowest BCUT2D eigenvalue weighted by Crippen LogP contribution is -2.49. The van der Waals surface area contributed by atoms with Crippen LogP contribution in [0.4, 0.5) is 0 Å². The molecule has 4 atom stereocenters. The first-order valence-corrected chi connectivity index (χ1v) is 6.72. The van der Waals surface area contributed by atoms with E-state index < -0.39 is 0 Å². The molecular weight excluding hydrogens is 212 g/mol. The van der Waals surface area contributed by atoms with Crippen molar-refractivity contribution in [1.82, 2.24) is 9.80 Å². The van der Waals surface area contributed by atoms with Crippen molar-refractivity contribution in [3.05, 3.63) is 0 Å². The van der Waals surface area contributed by atoms with E-state index in [4.69, 9.17) is 0 Å². The lowest BCUT2D eigenvalue weighted by atomic mass is 9.88. The molecule has 17 heavy (non-hydrogen) atoms. The Morgan fingerprint density at radius 2 is 1.76 bits per heavy atom. The molecule has 0 N–H and O–H groups in total. The number of hydrogen-bond acceptors (Lipinski definition) is 2. The Balaban J connectivity index is 0.00000108. The van der Waals surface area contributed by atoms with Crippen molar-refractivity contribution in [3.8, 4) is 0 Å². The van der Waals surface area contributed by atoms with E-state index in [9.17, 15) is 4.79 Å². The minimum absolute atomic E-state index is 0. The van der Waals surface area contributed by atoms with Crippen LogP contribution >= 0.6 is 0 Å². The van der Waals surface area contributed by atoms with Crippen molar-refractivity contribution >= 4 is 5.91 Å². The Morgan fingerprint density at radius 3 is 2.47 bits per heavy atom. The van der Waals surface area contributed by atoms with Gasteiger partial charge in [0.15, 0.2) is 0 Å². The quantitative estimate of drug-likeness (QED) is 0.644. The molecule has 98 valence electrons. The third-order valence-electron chi connectivity index (χ3n) is 4.75. The van der Waals surface area contributed by atoms with Crippen molar-refractivity contribution < 1.29 is 4.79 Å². The van der Waals surface area contributed by atoms with Crippen LogP contribution in [0.2, 0.25) is 0 Å². The van der Waals surface area contributed by atoms with Crippen molar-refractivity contribution in [1.29, 1.82) is 0 Å². The molecule has 0 radical (unpaired) electrons. The fourth-order valence-corrected chi connectivity index (χ4v) is 3.91. The van der Waals surface area contributed by atoms with Gasteiger partial charge in [-0.15, -0.1) is 0 Å². The second-order valence-electron chi connectivity index (χ2n) is 5.91. The van der Waals surface area contributed by atoms with Gasteiger partial charge in [0.05, 0.1) is 0 Å². The summed E-state index contributed by atoms with van der Waals surface area (Å²) in [6.07, 6.45) is 5.28. The van der Waals surface area contributed by atoms with Gasteiger partial charge < -0.3 is 9.80 Å². The van der Waals surface area contributed by atoms with Gasteiger partial charge in [0.2, 0.25) is 5.91 Å². The predicted molar refractivity (Wildman–Crippen MR) is 69.8 cm³/mol. The Morgan fingerprint density at radius 1 is 1.06 bits per heavy atom. The molecule has 0 saturated carbocycles. The lowest BCUT2D eigenvalue weighted by Gasteiger charge is -2.37. The topological polar surface area (TPSA) is 23.6 Å². The van der Waals surface area contributed by atoms with Crippen molar-refractivity contribution in [2.45, 2.75) is 46.1 Å². The van der Waals surface area contributed by atoms with Crippen molar-refractivity contribution in [2.24, 2.45) is 11.8 Å². The number of carbonyl (C=O) groups excluding carboxylic acids is 1. The van der Waals surface area contributed by atoms with E-state index in [-0.39, 0.29) is 7.43 Å². The molecule has 3 heteroatoms. The summed E-state index contributed by atoms with van der Waals surface area (Å²) in [6.45, 7) is 6.43. The molecule has 4 fully saturated rings. The summed E-state index contributed by atoms with van der Waals surface area (Å²) < 4.78 is 0. The number of rotatable bonds is 0. The molecule has 0 aromatic carbocycles. The Bertz CT molecular complexity index is 290. The van der Waals surface area contributed by atoms with Crippen LogP contribution in [0.5, 0.6) is 0 Å². The fraction of sp³-hybridized carbons (Fsp3) is 0.929. The van der Waals surface area contributed by atoms with Gasteiger partial charge in [-0.3, -0.25) is 4.79 Å². The molecule has 4 saturated heterocycles. The first-order valence-electron chi connectivity index (χ1n) is 6.72. The minimum atomic E-state index is 0. The van der Waals surface area contributed by atoms with Gasteiger partial charge >= 0.3 is 0 Å². The average molecular weight is 238 g/mol. The third-order valence-corrected chi connectivity index (χ3v) is 4.75. The van der Waals surface area contributed by atoms with Gasteiger partial charge in [-0.1, -0.05) is 7.43 Å². The maximum atomic E-state index is 11.7. The van der Waals surface area contributed by atoms with Crippen LogP contribution in [0.25, 0.3) is 0 Å². The summed E-state index contributed by atoms with van der Waals surface area (Å²) in [5, 5.41) is 0. The molecule has 0 aromatic rings. The molecule has 4 aliphatic rings. The minimum Gasteiger partial charge on any atom is -0.338 e. The number of amides is 1. The van der Waals surface area contributed by atoms with Crippen LogP contribution < -0.4 is 0 Å². The maximum absolute atomic E-state index is 11.7. The molecule has 1 amide bonds. The molecule has 4 bridgehead atoms. The summed E-state index contributed by atoms with van der Waals surface area (Å²) in [5.41, 5.74) is 0. The number of nitrogens with zero attached hydrogens (tertiary/aromatic N) is 2. The number of fused-ring (bicyclic) bond motifs is 3. The average Bonchev–Trinajstić information content (AvgIpc) is 2.47. The number of carbonyl (C=O) groups is 1. The molecule has 4 unspecified atom stereocenters. The summed E-state index contributed by atoms with van der Waals surface area (Å²) in [7, 11) is 0. The van der Waals surface area contributed by atoms with Gasteiger partial charge in [-0.05, 0) is 50.6 Å². The molecule has 4 aliphatic heterocycles. The zero-order chi connectivity index (χ0) is 11.1. The second kappa shape index (κ2) is 4.97. The van der Waals surface area contributed by atoms with Crippen molar-refractivity contribution in [2.75, 3.05) is 26.2 Å². The molecule has 4 heterocycles. The second-order valence-corrected chi connectivity index (χ2v) is 5.91. The molecule has 4 rings (SSSR count). The van der Waals surface area contributed by atoms with Crippen LogP contribution in [0.15, 0.2) is 0 Å². The Hall–Kier alpha value is -0.570. The summed E-state index contributed by atoms with van der Waals surface area (Å²) in [4.78, 5) is 16.5. The number of hydrogen-bond donors (Lipinski definition) is 0. The summed E-state index contributed by atoms with van der Waals surface area (Å²) in [6, 6.07) is 0.510. The summed E-state index contributed by atoms with van der Waals surface area (Å²) >= 11 is 0. The van der Waals surface area contributed by atoms with E-state index in [1.165, 1.54) is 38.8 Å². The molecule has 0 aliphatic carbocycles. The van der Waals surface area contributed by atoms with E-state index in [0.717, 1.165) is 24.9 Å². The van der Waals surface area contributed by atoms with E-state index in [2.05, 4.69) is 9.80 Å². The predicted octanol–water partition coefficient (Wildman–Crippen LogP) is 1.98. The molecule has 0 aromatic heterocycles. The first-order chi connectivity index (χ1) is 7.72. The highest BCUT2D eigenvalue weighted by atomic mass is 16.2. The first kappa shape index (κ1) is 12.9. The van der Waals surface area contributed by atoms with Crippen LogP contribution in [-0.4, -0.2) is 47.9 Å². The van der Waals surface area contributed by atoms with E-state index in [0.29, 0.717) is 11.9 Å². The highest BCUT2D eigenvalue weighted by molar-refractivity contribution is 5.73. The van der Waals surface area contributed by atoms with Crippen LogP contribution in [0.1, 0.15) is 40.0 Å². The SMILES string of the molecule is C.CC(=O)N1CC2CCN3CCC(C2)CC1C3. The largest absolute Gasteiger partial charge is 0.338 e. The van der Waals surface area contributed by atoms with Gasteiger partial charge in [0, 0.05) is 26.1 Å². The van der Waals surface area contributed by atoms with Gasteiger partial charge in [-0.2, -0.15) is 0 Å². The van der Waals surface area contributed by atoms with Gasteiger partial charge in [0.1, 0.15) is 0 Å². The highest BCUT2D eigenvalue weighted by Crippen LogP contribution is 2.35. The standard InChI is InChI=1S/C13H22N2O.CH4/c1-10(16)15-8-12-3-5-14-4-2-11(6-12)7-13(15)9-14;/h11-13H,2-9H2,1H3;1H4. The maximum Gasteiger partial charge on any atom is 0.219 e. The lowest BCUT2D eigenvalue weighted by molar-refractivity contribution is -0.132. The Labute approximate surface area is 105 Å². The smallest absolute Gasteiger partial charge is 0.219 e. The fourth-order valence-electron chi connectivity index (χ4n) is 3.91. The van der Waals surface area contributed by atoms with Gasteiger partial charge in [0.25, 0.3) is 0 Å². The summed E-state index contributed by atoms with van der Waals surface area (Å²) in [5.74, 6) is 1.94. The Kier molecular flexibility index (Phi) is 3.76. The van der Waals surface area contributed by atoms with E-state index in [1.54, 1.807) is 6.92 Å². The van der Waals surface area contributed by atoms with E-state index in [1.807, 2.05) is 0 Å². The molecule has 3 nitrogen and oxygen atoms in total. The normalized spacial score (nSPS) is 40.2. The van der Waals surface area contributed by atoms with Crippen LogP contribution in [0.3, 0.4) is 0 Å². The van der Waals surface area contributed by atoms with Crippen molar-refractivity contribution in [3.63, 3.8) is 0 Å². The molecular formula is C14H26N2O. The zero-order valence-corrected chi connectivity index (χ0v) is 10.2. The monoisotopic (exact) mass is 238 g/mol. The molecule has 0 spiro atoms. The third kappa shape index (κ3) is 2.49. The van der Waals surface area contributed by atoms with Crippen LogP contribution in [-0.2, 0) is 4.79 Å².